The van der Waals surface area contributed by atoms with Crippen molar-refractivity contribution in [1.29, 1.82) is 0 Å². The van der Waals surface area contributed by atoms with E-state index in [1.807, 2.05) is 37.4 Å². The number of morpholine rings is 1. The standard InChI is InChI=1S/C17H23N3O3/c1-19(7-8-20-9-11-22-12-10-20)17(21)15-13-16(23-18-15)14-5-3-2-4-6-14/h2-6,16H,7-13H2,1H3/t16-/m1/s1. The van der Waals surface area contributed by atoms with Crippen molar-refractivity contribution < 1.29 is 14.4 Å². The molecule has 0 bridgehead atoms. The Labute approximate surface area is 136 Å². The zero-order chi connectivity index (χ0) is 16.1. The van der Waals surface area contributed by atoms with Crippen LogP contribution in [0.2, 0.25) is 0 Å². The molecule has 1 aromatic carbocycles. The van der Waals surface area contributed by atoms with Gasteiger partial charge < -0.3 is 14.5 Å². The SMILES string of the molecule is CN(CCN1CCOCC1)C(=O)C1=NO[C@@H](c2ccccc2)C1. The molecular formula is C17H23N3O3. The van der Waals surface area contributed by atoms with Crippen LogP contribution in [0.4, 0.5) is 0 Å². The number of carbonyl (C=O) groups is 1. The van der Waals surface area contributed by atoms with Gasteiger partial charge in [0, 0.05) is 39.6 Å². The van der Waals surface area contributed by atoms with Gasteiger partial charge in [-0.05, 0) is 5.56 Å². The van der Waals surface area contributed by atoms with Crippen molar-refractivity contribution in [1.82, 2.24) is 9.80 Å². The molecule has 124 valence electrons. The molecule has 0 unspecified atom stereocenters. The van der Waals surface area contributed by atoms with Crippen molar-refractivity contribution in [3.8, 4) is 0 Å². The first-order valence-electron chi connectivity index (χ1n) is 8.07. The molecule has 0 saturated carbocycles. The summed E-state index contributed by atoms with van der Waals surface area (Å²) in [5.74, 6) is -0.0447. The van der Waals surface area contributed by atoms with Gasteiger partial charge in [0.25, 0.3) is 5.91 Å². The van der Waals surface area contributed by atoms with Crippen LogP contribution in [0, 0.1) is 0 Å². The zero-order valence-corrected chi connectivity index (χ0v) is 13.5. The third kappa shape index (κ3) is 4.09. The van der Waals surface area contributed by atoms with Gasteiger partial charge in [-0.1, -0.05) is 35.5 Å². The Morgan fingerprint density at radius 3 is 2.78 bits per heavy atom. The fourth-order valence-corrected chi connectivity index (χ4v) is 2.79. The summed E-state index contributed by atoms with van der Waals surface area (Å²) in [6, 6.07) is 9.89. The van der Waals surface area contributed by atoms with Crippen molar-refractivity contribution in [2.75, 3.05) is 46.4 Å². The first-order chi connectivity index (χ1) is 11.2. The van der Waals surface area contributed by atoms with E-state index >= 15 is 0 Å². The second-order valence-electron chi connectivity index (χ2n) is 5.93. The quantitative estimate of drug-likeness (QED) is 0.821. The third-order valence-corrected chi connectivity index (χ3v) is 4.29. The van der Waals surface area contributed by atoms with E-state index in [2.05, 4.69) is 10.1 Å². The highest BCUT2D eigenvalue weighted by Gasteiger charge is 2.29. The number of nitrogens with zero attached hydrogens (tertiary/aromatic N) is 3. The molecule has 1 atom stereocenters. The number of amides is 1. The Morgan fingerprint density at radius 1 is 1.30 bits per heavy atom. The van der Waals surface area contributed by atoms with Crippen LogP contribution in [0.5, 0.6) is 0 Å². The molecule has 1 fully saturated rings. The van der Waals surface area contributed by atoms with Gasteiger partial charge in [0.2, 0.25) is 0 Å². The van der Waals surface area contributed by atoms with E-state index in [1.54, 1.807) is 4.90 Å². The van der Waals surface area contributed by atoms with Crippen LogP contribution in [0.25, 0.3) is 0 Å². The summed E-state index contributed by atoms with van der Waals surface area (Å²) in [6.45, 7) is 4.97. The maximum Gasteiger partial charge on any atom is 0.271 e. The largest absolute Gasteiger partial charge is 0.387 e. The highest BCUT2D eigenvalue weighted by molar-refractivity contribution is 6.39. The number of likely N-dealkylation sites (N-methyl/N-ethyl adjacent to an activating group) is 1. The van der Waals surface area contributed by atoms with Gasteiger partial charge in [0.05, 0.1) is 13.2 Å². The second kappa shape index (κ2) is 7.57. The summed E-state index contributed by atoms with van der Waals surface area (Å²) in [7, 11) is 1.82. The Hall–Kier alpha value is -1.92. The lowest BCUT2D eigenvalue weighted by Gasteiger charge is -2.28. The topological polar surface area (TPSA) is 54.4 Å². The van der Waals surface area contributed by atoms with Crippen LogP contribution in [-0.2, 0) is 14.4 Å². The second-order valence-corrected chi connectivity index (χ2v) is 5.93. The van der Waals surface area contributed by atoms with Gasteiger partial charge >= 0.3 is 0 Å². The van der Waals surface area contributed by atoms with Gasteiger partial charge in [-0.25, -0.2) is 0 Å². The van der Waals surface area contributed by atoms with Crippen LogP contribution in [0.15, 0.2) is 35.5 Å². The lowest BCUT2D eigenvalue weighted by Crippen LogP contribution is -2.43. The molecule has 2 heterocycles. The Balaban J connectivity index is 1.48. The first-order valence-corrected chi connectivity index (χ1v) is 8.07. The number of oxime groups is 1. The summed E-state index contributed by atoms with van der Waals surface area (Å²) >= 11 is 0. The van der Waals surface area contributed by atoms with Gasteiger partial charge in [-0.15, -0.1) is 0 Å². The molecule has 3 rings (SSSR count). The van der Waals surface area contributed by atoms with E-state index in [1.165, 1.54) is 0 Å². The number of carbonyl (C=O) groups excluding carboxylic acids is 1. The van der Waals surface area contributed by atoms with E-state index in [4.69, 9.17) is 9.57 Å². The molecular weight excluding hydrogens is 294 g/mol. The minimum absolute atomic E-state index is 0.0447. The zero-order valence-electron chi connectivity index (χ0n) is 13.5. The summed E-state index contributed by atoms with van der Waals surface area (Å²) in [4.78, 5) is 21.9. The van der Waals surface area contributed by atoms with Crippen molar-refractivity contribution in [3.05, 3.63) is 35.9 Å². The normalized spacial score (nSPS) is 21.6. The average Bonchev–Trinajstić information content (AvgIpc) is 3.11. The maximum absolute atomic E-state index is 12.5. The molecule has 1 amide bonds. The Bertz CT molecular complexity index is 555. The molecule has 1 aromatic rings. The summed E-state index contributed by atoms with van der Waals surface area (Å²) in [5.41, 5.74) is 1.55. The number of hydrogen-bond donors (Lipinski definition) is 0. The highest BCUT2D eigenvalue weighted by atomic mass is 16.6. The van der Waals surface area contributed by atoms with E-state index in [0.29, 0.717) is 18.7 Å². The molecule has 6 nitrogen and oxygen atoms in total. The third-order valence-electron chi connectivity index (χ3n) is 4.29. The van der Waals surface area contributed by atoms with Gasteiger partial charge in [0.15, 0.2) is 6.10 Å². The van der Waals surface area contributed by atoms with Crippen molar-refractivity contribution in [2.45, 2.75) is 12.5 Å². The first kappa shape index (κ1) is 16.0. The summed E-state index contributed by atoms with van der Waals surface area (Å²) < 4.78 is 5.33. The predicted octanol–water partition coefficient (Wildman–Crippen LogP) is 1.29. The number of hydrogen-bond acceptors (Lipinski definition) is 5. The molecule has 0 radical (unpaired) electrons. The molecule has 6 heteroatoms. The number of benzene rings is 1. The predicted molar refractivity (Wildman–Crippen MR) is 87.2 cm³/mol. The lowest BCUT2D eigenvalue weighted by molar-refractivity contribution is -0.123. The fourth-order valence-electron chi connectivity index (χ4n) is 2.79. The Kier molecular flexibility index (Phi) is 5.25. The van der Waals surface area contributed by atoms with Crippen LogP contribution in [-0.4, -0.2) is 67.9 Å². The monoisotopic (exact) mass is 317 g/mol. The van der Waals surface area contributed by atoms with E-state index in [9.17, 15) is 4.79 Å². The van der Waals surface area contributed by atoms with E-state index in [-0.39, 0.29) is 12.0 Å². The van der Waals surface area contributed by atoms with Crippen LogP contribution < -0.4 is 0 Å². The number of rotatable bonds is 5. The molecule has 0 spiro atoms. The summed E-state index contributed by atoms with van der Waals surface area (Å²) in [6.07, 6.45) is 0.382. The van der Waals surface area contributed by atoms with Crippen LogP contribution in [0.3, 0.4) is 0 Å². The molecule has 23 heavy (non-hydrogen) atoms. The van der Waals surface area contributed by atoms with Crippen molar-refractivity contribution >= 4 is 11.6 Å². The Morgan fingerprint density at radius 2 is 2.04 bits per heavy atom. The van der Waals surface area contributed by atoms with Gasteiger partial charge in [-0.2, -0.15) is 0 Å². The van der Waals surface area contributed by atoms with Crippen molar-refractivity contribution in [3.63, 3.8) is 0 Å². The fraction of sp³-hybridized carbons (Fsp3) is 0.529. The number of ether oxygens (including phenoxy) is 1. The molecule has 0 N–H and O–H groups in total. The molecule has 0 aliphatic carbocycles. The van der Waals surface area contributed by atoms with Crippen LogP contribution >= 0.6 is 0 Å². The van der Waals surface area contributed by atoms with Crippen molar-refractivity contribution in [2.24, 2.45) is 5.16 Å². The lowest BCUT2D eigenvalue weighted by atomic mass is 10.0. The maximum atomic E-state index is 12.5. The minimum Gasteiger partial charge on any atom is -0.387 e. The van der Waals surface area contributed by atoms with Crippen LogP contribution in [0.1, 0.15) is 18.1 Å². The van der Waals surface area contributed by atoms with Gasteiger partial charge in [0.1, 0.15) is 5.71 Å². The summed E-state index contributed by atoms with van der Waals surface area (Å²) in [5, 5.41) is 4.00. The smallest absolute Gasteiger partial charge is 0.271 e. The molecule has 2 aliphatic rings. The molecule has 2 aliphatic heterocycles. The van der Waals surface area contributed by atoms with E-state index in [0.717, 1.165) is 38.4 Å². The molecule has 1 saturated heterocycles. The average molecular weight is 317 g/mol. The highest BCUT2D eigenvalue weighted by Crippen LogP contribution is 2.27. The van der Waals surface area contributed by atoms with E-state index < -0.39 is 0 Å². The molecule has 0 aromatic heterocycles. The minimum atomic E-state index is -0.150. The van der Waals surface area contributed by atoms with Gasteiger partial charge in [-0.3, -0.25) is 9.69 Å².